The molecule has 0 saturated carbocycles. The molecular weight excluding hydrogens is 398 g/mol. The summed E-state index contributed by atoms with van der Waals surface area (Å²) < 4.78 is 24.7. The molecule has 0 aliphatic heterocycles. The van der Waals surface area contributed by atoms with Crippen molar-refractivity contribution in [2.75, 3.05) is 13.2 Å². The lowest BCUT2D eigenvalue weighted by atomic mass is 10.0. The van der Waals surface area contributed by atoms with Gasteiger partial charge in [-0.2, -0.15) is 0 Å². The van der Waals surface area contributed by atoms with Gasteiger partial charge in [0.1, 0.15) is 3.32 Å². The average molecular weight is 422 g/mol. The van der Waals surface area contributed by atoms with Crippen molar-refractivity contribution in [2.24, 2.45) is 0 Å². The van der Waals surface area contributed by atoms with Gasteiger partial charge in [0.15, 0.2) is 0 Å². The normalized spacial score (nSPS) is 13.1. The third-order valence-corrected chi connectivity index (χ3v) is 7.36. The van der Waals surface area contributed by atoms with E-state index in [0.717, 1.165) is 30.4 Å². The van der Waals surface area contributed by atoms with Gasteiger partial charge in [-0.15, -0.1) is 0 Å². The van der Waals surface area contributed by atoms with Crippen molar-refractivity contribution < 1.29 is 13.6 Å². The number of unbranched alkanes of at least 4 members (excludes halogenated alkanes) is 1. The van der Waals surface area contributed by atoms with Crippen LogP contribution in [0.1, 0.15) is 45.6 Å². The van der Waals surface area contributed by atoms with E-state index in [1.54, 1.807) is 0 Å². The second-order valence-electron chi connectivity index (χ2n) is 4.57. The largest absolute Gasteiger partial charge is 0.367 e. The molecule has 0 aromatic heterocycles. The minimum Gasteiger partial charge on any atom is -0.305 e. The first-order valence-electron chi connectivity index (χ1n) is 7.42. The van der Waals surface area contributed by atoms with Gasteiger partial charge in [0, 0.05) is 0 Å². The first kappa shape index (κ1) is 18.9. The van der Waals surface area contributed by atoms with Crippen LogP contribution in [0.25, 0.3) is 5.57 Å². The van der Waals surface area contributed by atoms with E-state index in [-0.39, 0.29) is 0 Å². The fourth-order valence-electron chi connectivity index (χ4n) is 2.02. The molecule has 5 heteroatoms. The fraction of sp³-hybridized carbons (Fsp3) is 0.500. The molecule has 0 saturated heterocycles. The number of halogens is 1. The summed E-state index contributed by atoms with van der Waals surface area (Å²) in [6, 6.07) is 10.1. The van der Waals surface area contributed by atoms with Gasteiger partial charge < -0.3 is 9.05 Å². The highest BCUT2D eigenvalue weighted by Gasteiger charge is 2.30. The number of hydrogen-bond donors (Lipinski definition) is 0. The van der Waals surface area contributed by atoms with Gasteiger partial charge in [-0.05, 0) is 60.4 Å². The van der Waals surface area contributed by atoms with E-state index in [0.29, 0.717) is 16.5 Å². The van der Waals surface area contributed by atoms with Crippen molar-refractivity contribution in [3.63, 3.8) is 0 Å². The molecule has 21 heavy (non-hydrogen) atoms. The fourth-order valence-corrected chi connectivity index (χ4v) is 4.98. The Labute approximate surface area is 141 Å². The van der Waals surface area contributed by atoms with Crippen LogP contribution < -0.4 is 0 Å². The Morgan fingerprint density at radius 2 is 1.67 bits per heavy atom. The molecule has 1 rings (SSSR count). The number of hydrogen-bond acceptors (Lipinski definition) is 3. The zero-order valence-corrected chi connectivity index (χ0v) is 16.0. The molecule has 0 spiro atoms. The summed E-state index contributed by atoms with van der Waals surface area (Å²) >= 11 is 2.14. The second-order valence-corrected chi connectivity index (χ2v) is 8.46. The molecule has 0 fully saturated rings. The predicted octanol–water partition coefficient (Wildman–Crippen LogP) is 6.25. The molecule has 0 aliphatic carbocycles. The number of rotatable bonds is 9. The maximum atomic E-state index is 13.0. The zero-order chi connectivity index (χ0) is 15.7. The van der Waals surface area contributed by atoms with Crippen molar-refractivity contribution in [3.8, 4) is 0 Å². The lowest BCUT2D eigenvalue weighted by Crippen LogP contribution is -1.98. The van der Waals surface area contributed by atoms with Gasteiger partial charge >= 0.3 is 7.60 Å². The minimum absolute atomic E-state index is 0.375. The van der Waals surface area contributed by atoms with Gasteiger partial charge in [0.25, 0.3) is 0 Å². The summed E-state index contributed by atoms with van der Waals surface area (Å²) in [4.78, 5) is 0. The van der Waals surface area contributed by atoms with E-state index in [1.807, 2.05) is 44.2 Å². The van der Waals surface area contributed by atoms with Crippen molar-refractivity contribution in [3.05, 3.63) is 39.2 Å². The molecule has 0 bridgehead atoms. The van der Waals surface area contributed by atoms with E-state index in [1.165, 1.54) is 0 Å². The topological polar surface area (TPSA) is 35.5 Å². The highest BCUT2D eigenvalue weighted by atomic mass is 127. The van der Waals surface area contributed by atoms with E-state index in [9.17, 15) is 4.57 Å². The Morgan fingerprint density at radius 1 is 1.10 bits per heavy atom. The molecule has 0 atom stereocenters. The van der Waals surface area contributed by atoms with E-state index < -0.39 is 7.60 Å². The van der Waals surface area contributed by atoms with Crippen LogP contribution >= 0.6 is 30.2 Å². The molecule has 0 radical (unpaired) electrons. The van der Waals surface area contributed by atoms with Crippen LogP contribution in [0.5, 0.6) is 0 Å². The Balaban J connectivity index is 3.27. The van der Waals surface area contributed by atoms with Gasteiger partial charge in [-0.25, -0.2) is 0 Å². The molecule has 0 unspecified atom stereocenters. The van der Waals surface area contributed by atoms with Crippen LogP contribution in [0.3, 0.4) is 0 Å². The Bertz CT molecular complexity index is 490. The second kappa shape index (κ2) is 9.78. The molecular formula is C16H24IO3P. The Hall–Kier alpha value is -0.160. The molecule has 3 nitrogen and oxygen atoms in total. The van der Waals surface area contributed by atoms with Crippen molar-refractivity contribution >= 4 is 35.8 Å². The Kier molecular flexibility index (Phi) is 8.79. The summed E-state index contributed by atoms with van der Waals surface area (Å²) in [6.45, 7) is 6.58. The maximum absolute atomic E-state index is 13.0. The number of allylic oxidation sites excluding steroid dienone is 1. The maximum Gasteiger partial charge on any atom is 0.367 e. The number of benzene rings is 1. The van der Waals surface area contributed by atoms with Crippen LogP contribution in [0.4, 0.5) is 0 Å². The molecule has 0 heterocycles. The molecule has 1 aromatic rings. The lowest BCUT2D eigenvalue weighted by Gasteiger charge is -2.20. The van der Waals surface area contributed by atoms with Gasteiger partial charge in [-0.1, -0.05) is 43.7 Å². The van der Waals surface area contributed by atoms with Crippen molar-refractivity contribution in [1.29, 1.82) is 0 Å². The zero-order valence-electron chi connectivity index (χ0n) is 13.0. The SMILES string of the molecule is CCCCC(=C(I)P(=O)(OCC)OCC)c1ccccc1. The van der Waals surface area contributed by atoms with Crippen LogP contribution in [0, 0.1) is 0 Å². The van der Waals surface area contributed by atoms with E-state index in [4.69, 9.17) is 9.05 Å². The standard InChI is InChI=1S/C16H24IO3P/c1-4-7-13-15(14-11-9-8-10-12-14)16(17)21(18,19-5-2)20-6-3/h8-12H,4-7,13H2,1-3H3. The van der Waals surface area contributed by atoms with Gasteiger partial charge in [0.2, 0.25) is 0 Å². The molecule has 1 aromatic carbocycles. The van der Waals surface area contributed by atoms with Gasteiger partial charge in [0.05, 0.1) is 13.2 Å². The van der Waals surface area contributed by atoms with Gasteiger partial charge in [-0.3, -0.25) is 4.57 Å². The lowest BCUT2D eigenvalue weighted by molar-refractivity contribution is 0.228. The molecule has 0 N–H and O–H groups in total. The molecule has 118 valence electrons. The third-order valence-electron chi connectivity index (χ3n) is 2.99. The van der Waals surface area contributed by atoms with E-state index >= 15 is 0 Å². The third kappa shape index (κ3) is 5.51. The Morgan fingerprint density at radius 3 is 2.14 bits per heavy atom. The summed E-state index contributed by atoms with van der Waals surface area (Å²) in [5.41, 5.74) is 2.17. The molecule has 0 aliphatic rings. The first-order chi connectivity index (χ1) is 10.1. The van der Waals surface area contributed by atoms with Crippen LogP contribution in [0.2, 0.25) is 0 Å². The average Bonchev–Trinajstić information content (AvgIpc) is 2.49. The van der Waals surface area contributed by atoms with Crippen LogP contribution in [-0.2, 0) is 13.6 Å². The smallest absolute Gasteiger partial charge is 0.305 e. The predicted molar refractivity (Wildman–Crippen MR) is 97.8 cm³/mol. The first-order valence-corrected chi connectivity index (χ1v) is 10.0. The van der Waals surface area contributed by atoms with E-state index in [2.05, 4.69) is 29.5 Å². The highest BCUT2D eigenvalue weighted by Crippen LogP contribution is 2.61. The van der Waals surface area contributed by atoms with Crippen LogP contribution in [0.15, 0.2) is 33.7 Å². The van der Waals surface area contributed by atoms with Crippen molar-refractivity contribution in [2.45, 2.75) is 40.0 Å². The van der Waals surface area contributed by atoms with Crippen LogP contribution in [-0.4, -0.2) is 13.2 Å². The summed E-state index contributed by atoms with van der Waals surface area (Å²) in [5, 5.41) is 0. The summed E-state index contributed by atoms with van der Waals surface area (Å²) in [6.07, 6.45) is 3.02. The summed E-state index contributed by atoms with van der Waals surface area (Å²) in [7, 11) is -3.21. The highest BCUT2D eigenvalue weighted by molar-refractivity contribution is 14.1. The summed E-state index contributed by atoms with van der Waals surface area (Å²) in [5.74, 6) is 0. The quantitative estimate of drug-likeness (QED) is 0.349. The van der Waals surface area contributed by atoms with Crippen molar-refractivity contribution in [1.82, 2.24) is 0 Å². The monoisotopic (exact) mass is 422 g/mol. The molecule has 0 amide bonds. The minimum atomic E-state index is -3.21.